The van der Waals surface area contributed by atoms with E-state index >= 15 is 0 Å². The van der Waals surface area contributed by atoms with E-state index in [9.17, 15) is 4.79 Å². The zero-order valence-electron chi connectivity index (χ0n) is 6.88. The summed E-state index contributed by atoms with van der Waals surface area (Å²) in [4.78, 5) is 10.4. The SMILES string of the molecule is Cl.NC1(CC(=O)O)CCNCC1. The highest BCUT2D eigenvalue weighted by molar-refractivity contribution is 5.85. The highest BCUT2D eigenvalue weighted by atomic mass is 35.5. The van der Waals surface area contributed by atoms with Crippen LogP contribution in [0.3, 0.4) is 0 Å². The standard InChI is InChI=1S/C7H14N2O2.ClH/c8-7(5-6(10)11)1-3-9-4-2-7;/h9H,1-5,8H2,(H,10,11);1H. The van der Waals surface area contributed by atoms with Crippen molar-refractivity contribution in [1.82, 2.24) is 5.32 Å². The maximum Gasteiger partial charge on any atom is 0.305 e. The fourth-order valence-corrected chi connectivity index (χ4v) is 1.40. The van der Waals surface area contributed by atoms with Gasteiger partial charge in [0.15, 0.2) is 0 Å². The van der Waals surface area contributed by atoms with Crippen LogP contribution in [-0.2, 0) is 4.79 Å². The Morgan fingerprint density at radius 1 is 1.50 bits per heavy atom. The molecule has 0 unspecified atom stereocenters. The van der Waals surface area contributed by atoms with Gasteiger partial charge in [-0.2, -0.15) is 0 Å². The lowest BCUT2D eigenvalue weighted by Crippen LogP contribution is -2.50. The number of nitrogens with two attached hydrogens (primary N) is 1. The van der Waals surface area contributed by atoms with Gasteiger partial charge >= 0.3 is 5.97 Å². The average molecular weight is 195 g/mol. The first kappa shape index (κ1) is 11.7. The summed E-state index contributed by atoms with van der Waals surface area (Å²) >= 11 is 0. The van der Waals surface area contributed by atoms with E-state index in [1.54, 1.807) is 0 Å². The van der Waals surface area contributed by atoms with E-state index in [1.165, 1.54) is 0 Å². The van der Waals surface area contributed by atoms with Gasteiger partial charge in [-0.05, 0) is 25.9 Å². The Morgan fingerprint density at radius 2 is 2.00 bits per heavy atom. The molecular weight excluding hydrogens is 180 g/mol. The van der Waals surface area contributed by atoms with Crippen LogP contribution in [-0.4, -0.2) is 29.7 Å². The molecular formula is C7H15ClN2O2. The molecule has 0 aromatic carbocycles. The summed E-state index contributed by atoms with van der Waals surface area (Å²) in [5.74, 6) is -0.797. The first-order chi connectivity index (χ1) is 5.12. The van der Waals surface area contributed by atoms with Crippen molar-refractivity contribution in [3.63, 3.8) is 0 Å². The van der Waals surface area contributed by atoms with Crippen molar-refractivity contribution in [2.75, 3.05) is 13.1 Å². The number of rotatable bonds is 2. The second-order valence-electron chi connectivity index (χ2n) is 3.18. The van der Waals surface area contributed by atoms with E-state index in [0.717, 1.165) is 25.9 Å². The molecule has 0 radical (unpaired) electrons. The third kappa shape index (κ3) is 3.38. The van der Waals surface area contributed by atoms with Crippen molar-refractivity contribution in [3.05, 3.63) is 0 Å². The van der Waals surface area contributed by atoms with Gasteiger partial charge in [-0.3, -0.25) is 4.79 Å². The molecule has 12 heavy (non-hydrogen) atoms. The number of piperidine rings is 1. The highest BCUT2D eigenvalue weighted by Gasteiger charge is 2.29. The summed E-state index contributed by atoms with van der Waals surface area (Å²) in [6.07, 6.45) is 1.62. The van der Waals surface area contributed by atoms with Gasteiger partial charge in [-0.15, -0.1) is 12.4 Å². The molecule has 1 fully saturated rings. The lowest BCUT2D eigenvalue weighted by molar-refractivity contribution is -0.138. The molecule has 0 spiro atoms. The molecule has 72 valence electrons. The monoisotopic (exact) mass is 194 g/mol. The second-order valence-corrected chi connectivity index (χ2v) is 3.18. The molecule has 0 saturated carbocycles. The minimum Gasteiger partial charge on any atom is -0.481 e. The first-order valence-electron chi connectivity index (χ1n) is 3.84. The third-order valence-electron chi connectivity index (χ3n) is 2.10. The smallest absolute Gasteiger partial charge is 0.305 e. The molecule has 0 aliphatic carbocycles. The molecule has 5 heteroatoms. The highest BCUT2D eigenvalue weighted by Crippen LogP contribution is 2.18. The number of hydrogen-bond acceptors (Lipinski definition) is 3. The van der Waals surface area contributed by atoms with Crippen LogP contribution in [0.5, 0.6) is 0 Å². The van der Waals surface area contributed by atoms with Crippen molar-refractivity contribution in [2.24, 2.45) is 5.73 Å². The Balaban J connectivity index is 0.00000121. The molecule has 1 aliphatic heterocycles. The minimum atomic E-state index is -0.797. The van der Waals surface area contributed by atoms with Crippen molar-refractivity contribution in [3.8, 4) is 0 Å². The molecule has 4 nitrogen and oxygen atoms in total. The lowest BCUT2D eigenvalue weighted by atomic mass is 9.86. The molecule has 1 heterocycles. The molecule has 0 atom stereocenters. The van der Waals surface area contributed by atoms with Gasteiger partial charge in [0.2, 0.25) is 0 Å². The Morgan fingerprint density at radius 3 is 2.42 bits per heavy atom. The molecule has 1 saturated heterocycles. The Labute approximate surface area is 77.9 Å². The van der Waals surface area contributed by atoms with E-state index < -0.39 is 11.5 Å². The molecule has 0 amide bonds. The molecule has 0 aromatic heterocycles. The third-order valence-corrected chi connectivity index (χ3v) is 2.10. The summed E-state index contributed by atoms with van der Waals surface area (Å²) in [6.45, 7) is 1.67. The molecule has 0 bridgehead atoms. The number of halogens is 1. The zero-order chi connectivity index (χ0) is 8.32. The van der Waals surface area contributed by atoms with Crippen LogP contribution in [0.1, 0.15) is 19.3 Å². The number of carboxylic acid groups (broad SMARTS) is 1. The summed E-state index contributed by atoms with van der Waals surface area (Å²) in [7, 11) is 0. The van der Waals surface area contributed by atoms with Gasteiger partial charge in [-0.1, -0.05) is 0 Å². The van der Waals surface area contributed by atoms with E-state index in [1.807, 2.05) is 0 Å². The van der Waals surface area contributed by atoms with Crippen molar-refractivity contribution in [2.45, 2.75) is 24.8 Å². The Bertz CT molecular complexity index is 157. The van der Waals surface area contributed by atoms with Gasteiger partial charge in [0.1, 0.15) is 0 Å². The van der Waals surface area contributed by atoms with E-state index in [2.05, 4.69) is 5.32 Å². The summed E-state index contributed by atoms with van der Waals surface area (Å²) < 4.78 is 0. The van der Waals surface area contributed by atoms with Gasteiger partial charge in [-0.25, -0.2) is 0 Å². The van der Waals surface area contributed by atoms with Crippen LogP contribution in [0.15, 0.2) is 0 Å². The predicted octanol–water partition coefficient (Wildman–Crippen LogP) is -0.0362. The quantitative estimate of drug-likeness (QED) is 0.577. The predicted molar refractivity (Wildman–Crippen MR) is 48.5 cm³/mol. The zero-order valence-corrected chi connectivity index (χ0v) is 7.69. The second kappa shape index (κ2) is 4.64. The molecule has 0 aromatic rings. The van der Waals surface area contributed by atoms with E-state index in [4.69, 9.17) is 10.8 Å². The number of aliphatic carboxylic acids is 1. The van der Waals surface area contributed by atoms with Crippen LogP contribution in [0, 0.1) is 0 Å². The number of carboxylic acids is 1. The topological polar surface area (TPSA) is 75.4 Å². The van der Waals surface area contributed by atoms with Crippen molar-refractivity contribution >= 4 is 18.4 Å². The fraction of sp³-hybridized carbons (Fsp3) is 0.857. The molecule has 1 aliphatic rings. The molecule has 1 rings (SSSR count). The Kier molecular flexibility index (Phi) is 4.52. The summed E-state index contributed by atoms with van der Waals surface area (Å²) in [5.41, 5.74) is 5.38. The Hall–Kier alpha value is -0.320. The van der Waals surface area contributed by atoms with Gasteiger partial charge in [0.05, 0.1) is 6.42 Å². The number of carbonyl (C=O) groups is 1. The van der Waals surface area contributed by atoms with Crippen LogP contribution in [0.4, 0.5) is 0 Å². The van der Waals surface area contributed by atoms with Gasteiger partial charge in [0.25, 0.3) is 0 Å². The largest absolute Gasteiger partial charge is 0.481 e. The summed E-state index contributed by atoms with van der Waals surface area (Å²) in [5, 5.41) is 11.7. The normalized spacial score (nSPS) is 21.1. The van der Waals surface area contributed by atoms with Crippen LogP contribution < -0.4 is 11.1 Å². The first-order valence-corrected chi connectivity index (χ1v) is 3.84. The van der Waals surface area contributed by atoms with Gasteiger partial charge in [0, 0.05) is 5.54 Å². The fourth-order valence-electron chi connectivity index (χ4n) is 1.40. The minimum absolute atomic E-state index is 0. The summed E-state index contributed by atoms with van der Waals surface area (Å²) in [6, 6.07) is 0. The number of hydrogen-bond donors (Lipinski definition) is 3. The maximum atomic E-state index is 10.4. The van der Waals surface area contributed by atoms with Crippen LogP contribution >= 0.6 is 12.4 Å². The molecule has 4 N–H and O–H groups in total. The van der Waals surface area contributed by atoms with Crippen LogP contribution in [0.2, 0.25) is 0 Å². The van der Waals surface area contributed by atoms with E-state index in [-0.39, 0.29) is 18.8 Å². The lowest BCUT2D eigenvalue weighted by Gasteiger charge is -2.32. The van der Waals surface area contributed by atoms with Gasteiger partial charge < -0.3 is 16.2 Å². The number of nitrogens with one attached hydrogen (secondary N) is 1. The maximum absolute atomic E-state index is 10.4. The van der Waals surface area contributed by atoms with Crippen molar-refractivity contribution < 1.29 is 9.90 Å². The van der Waals surface area contributed by atoms with Crippen molar-refractivity contribution in [1.29, 1.82) is 0 Å². The average Bonchev–Trinajstić information content (AvgIpc) is 1.85. The van der Waals surface area contributed by atoms with E-state index in [0.29, 0.717) is 0 Å². The van der Waals surface area contributed by atoms with Crippen LogP contribution in [0.25, 0.3) is 0 Å².